The number of hydrogen-bond donors (Lipinski definition) is 1. The molecule has 166 valence electrons. The van der Waals surface area contributed by atoms with Crippen LogP contribution in [-0.4, -0.2) is 33.7 Å². The van der Waals surface area contributed by atoms with Crippen LogP contribution in [0.3, 0.4) is 0 Å². The highest BCUT2D eigenvalue weighted by Crippen LogP contribution is 2.35. The van der Waals surface area contributed by atoms with Gasteiger partial charge in [0.2, 0.25) is 5.91 Å². The molecule has 0 unspecified atom stereocenters. The SMILES string of the molecule is O=C(CN1C(=O)/C(=C/c2ccccc2OC2CCCCC2)SC1=S)Nc1ccccc1F. The lowest BCUT2D eigenvalue weighted by atomic mass is 9.97. The third kappa shape index (κ3) is 5.37. The Bertz CT molecular complexity index is 1070. The van der Waals surface area contributed by atoms with Gasteiger partial charge in [-0.2, -0.15) is 0 Å². The summed E-state index contributed by atoms with van der Waals surface area (Å²) in [5.41, 5.74) is 0.863. The number of carbonyl (C=O) groups is 2. The number of anilines is 1. The highest BCUT2D eigenvalue weighted by atomic mass is 32.2. The van der Waals surface area contributed by atoms with Crippen molar-refractivity contribution in [3.8, 4) is 5.75 Å². The van der Waals surface area contributed by atoms with Crippen LogP contribution < -0.4 is 10.1 Å². The molecule has 8 heteroatoms. The predicted molar refractivity (Wildman–Crippen MR) is 129 cm³/mol. The molecule has 2 amide bonds. The first-order valence-corrected chi connectivity index (χ1v) is 11.8. The van der Waals surface area contributed by atoms with Crippen molar-refractivity contribution in [2.24, 2.45) is 0 Å². The molecule has 0 atom stereocenters. The van der Waals surface area contributed by atoms with E-state index in [-0.39, 0.29) is 28.6 Å². The maximum atomic E-state index is 13.8. The van der Waals surface area contributed by atoms with Crippen molar-refractivity contribution in [2.75, 3.05) is 11.9 Å². The standard InChI is InChI=1S/C24H23FN2O3S2/c25-18-11-5-6-12-19(18)26-22(28)15-27-23(29)21(32-24(27)31)14-16-8-4-7-13-20(16)30-17-9-2-1-3-10-17/h4-8,11-14,17H,1-3,9-10,15H2,(H,26,28)/b21-14-. The molecule has 1 N–H and O–H groups in total. The molecular weight excluding hydrogens is 447 g/mol. The van der Waals surface area contributed by atoms with Gasteiger partial charge in [0.05, 0.1) is 16.7 Å². The minimum Gasteiger partial charge on any atom is -0.490 e. The molecule has 0 bridgehead atoms. The minimum atomic E-state index is -0.541. The average molecular weight is 471 g/mol. The highest BCUT2D eigenvalue weighted by molar-refractivity contribution is 8.26. The Morgan fingerprint density at radius 2 is 1.88 bits per heavy atom. The number of halogens is 1. The van der Waals surface area contributed by atoms with E-state index >= 15 is 0 Å². The Kier molecular flexibility index (Phi) is 7.22. The number of hydrogen-bond acceptors (Lipinski definition) is 5. The molecule has 2 aromatic rings. The van der Waals surface area contributed by atoms with Gasteiger partial charge in [-0.3, -0.25) is 14.5 Å². The van der Waals surface area contributed by atoms with Crippen molar-refractivity contribution in [2.45, 2.75) is 38.2 Å². The Hall–Kier alpha value is -2.71. The number of ether oxygens (including phenoxy) is 1. The first-order valence-electron chi connectivity index (χ1n) is 10.6. The second-order valence-electron chi connectivity index (χ2n) is 7.71. The molecule has 1 aliphatic carbocycles. The molecule has 1 aliphatic heterocycles. The zero-order valence-corrected chi connectivity index (χ0v) is 19.0. The molecule has 1 heterocycles. The third-order valence-corrected chi connectivity index (χ3v) is 6.75. The van der Waals surface area contributed by atoms with Gasteiger partial charge in [0, 0.05) is 5.56 Å². The van der Waals surface area contributed by atoms with E-state index in [1.807, 2.05) is 24.3 Å². The fourth-order valence-corrected chi connectivity index (χ4v) is 4.99. The topological polar surface area (TPSA) is 58.6 Å². The molecule has 1 saturated carbocycles. The van der Waals surface area contributed by atoms with Crippen LogP contribution >= 0.6 is 24.0 Å². The van der Waals surface area contributed by atoms with Gasteiger partial charge in [-0.05, 0) is 50.0 Å². The van der Waals surface area contributed by atoms with Crippen LogP contribution in [0.4, 0.5) is 10.1 Å². The number of para-hydroxylation sites is 2. The molecule has 0 spiro atoms. The van der Waals surface area contributed by atoms with Crippen molar-refractivity contribution in [1.82, 2.24) is 4.90 Å². The molecule has 0 radical (unpaired) electrons. The van der Waals surface area contributed by atoms with Crippen LogP contribution in [0.5, 0.6) is 5.75 Å². The Balaban J connectivity index is 1.46. The summed E-state index contributed by atoms with van der Waals surface area (Å²) in [4.78, 5) is 27.0. The summed E-state index contributed by atoms with van der Waals surface area (Å²) < 4.78 is 20.3. The zero-order valence-electron chi connectivity index (χ0n) is 17.4. The van der Waals surface area contributed by atoms with E-state index < -0.39 is 11.7 Å². The minimum absolute atomic E-state index is 0.0623. The lowest BCUT2D eigenvalue weighted by molar-refractivity contribution is -0.126. The zero-order chi connectivity index (χ0) is 22.5. The number of amides is 2. The smallest absolute Gasteiger partial charge is 0.266 e. The number of nitrogens with one attached hydrogen (secondary N) is 1. The molecule has 5 nitrogen and oxygen atoms in total. The number of rotatable bonds is 6. The average Bonchev–Trinajstić information content (AvgIpc) is 3.05. The van der Waals surface area contributed by atoms with E-state index in [2.05, 4.69) is 5.32 Å². The van der Waals surface area contributed by atoms with Gasteiger partial charge < -0.3 is 10.1 Å². The molecule has 1 saturated heterocycles. The van der Waals surface area contributed by atoms with E-state index in [0.717, 1.165) is 35.9 Å². The number of benzene rings is 2. The molecule has 2 aromatic carbocycles. The fraction of sp³-hybridized carbons (Fsp3) is 0.292. The van der Waals surface area contributed by atoms with E-state index in [1.54, 1.807) is 12.1 Å². The van der Waals surface area contributed by atoms with E-state index in [9.17, 15) is 14.0 Å². The summed E-state index contributed by atoms with van der Waals surface area (Å²) in [6.45, 7) is -0.281. The van der Waals surface area contributed by atoms with Gasteiger partial charge in [0.15, 0.2) is 0 Å². The summed E-state index contributed by atoms with van der Waals surface area (Å²) in [5, 5.41) is 2.48. The molecule has 32 heavy (non-hydrogen) atoms. The van der Waals surface area contributed by atoms with Crippen LogP contribution in [0.1, 0.15) is 37.7 Å². The maximum Gasteiger partial charge on any atom is 0.266 e. The molecular formula is C24H23FN2O3S2. The summed E-state index contributed by atoms with van der Waals surface area (Å²) in [6, 6.07) is 13.5. The van der Waals surface area contributed by atoms with Crippen LogP contribution in [0.2, 0.25) is 0 Å². The summed E-state index contributed by atoms with van der Waals surface area (Å²) >= 11 is 6.47. The Morgan fingerprint density at radius 3 is 2.66 bits per heavy atom. The van der Waals surface area contributed by atoms with E-state index in [4.69, 9.17) is 17.0 Å². The van der Waals surface area contributed by atoms with Crippen LogP contribution in [0.25, 0.3) is 6.08 Å². The molecule has 0 aromatic heterocycles. The summed E-state index contributed by atoms with van der Waals surface area (Å²) in [6.07, 6.45) is 7.60. The lowest BCUT2D eigenvalue weighted by Crippen LogP contribution is -2.36. The monoisotopic (exact) mass is 470 g/mol. The van der Waals surface area contributed by atoms with Crippen molar-refractivity contribution < 1.29 is 18.7 Å². The number of thioether (sulfide) groups is 1. The number of nitrogens with zero attached hydrogens (tertiary/aromatic N) is 1. The second-order valence-corrected chi connectivity index (χ2v) is 9.39. The van der Waals surface area contributed by atoms with Crippen molar-refractivity contribution in [3.05, 3.63) is 64.8 Å². The largest absolute Gasteiger partial charge is 0.490 e. The Morgan fingerprint density at radius 1 is 1.16 bits per heavy atom. The molecule has 2 fully saturated rings. The summed E-state index contributed by atoms with van der Waals surface area (Å²) in [7, 11) is 0. The molecule has 4 rings (SSSR count). The van der Waals surface area contributed by atoms with Crippen LogP contribution in [-0.2, 0) is 9.59 Å². The molecule has 2 aliphatic rings. The maximum absolute atomic E-state index is 13.8. The third-order valence-electron chi connectivity index (χ3n) is 5.37. The van der Waals surface area contributed by atoms with Gasteiger partial charge in [0.25, 0.3) is 5.91 Å². The van der Waals surface area contributed by atoms with E-state index in [1.165, 1.54) is 42.4 Å². The number of thiocarbonyl (C=S) groups is 1. The first-order chi connectivity index (χ1) is 15.5. The van der Waals surface area contributed by atoms with Crippen LogP contribution in [0, 0.1) is 5.82 Å². The quantitative estimate of drug-likeness (QED) is 0.454. The van der Waals surface area contributed by atoms with Crippen molar-refractivity contribution in [1.29, 1.82) is 0 Å². The van der Waals surface area contributed by atoms with Gasteiger partial charge in [-0.25, -0.2) is 4.39 Å². The highest BCUT2D eigenvalue weighted by Gasteiger charge is 2.33. The Labute approximate surface area is 196 Å². The second kappa shape index (κ2) is 10.3. The summed E-state index contributed by atoms with van der Waals surface area (Å²) in [5.74, 6) is -0.674. The van der Waals surface area contributed by atoms with Gasteiger partial charge in [-0.15, -0.1) is 0 Å². The van der Waals surface area contributed by atoms with Gasteiger partial charge in [-0.1, -0.05) is 60.7 Å². The van der Waals surface area contributed by atoms with Crippen molar-refractivity contribution >= 4 is 51.9 Å². The van der Waals surface area contributed by atoms with Gasteiger partial charge in [0.1, 0.15) is 22.4 Å². The number of carbonyl (C=O) groups excluding carboxylic acids is 2. The fourth-order valence-electron chi connectivity index (χ4n) is 3.74. The lowest BCUT2D eigenvalue weighted by Gasteiger charge is -2.23. The first kappa shape index (κ1) is 22.5. The normalized spacial score (nSPS) is 18.3. The van der Waals surface area contributed by atoms with E-state index in [0.29, 0.717) is 4.91 Å². The van der Waals surface area contributed by atoms with Gasteiger partial charge >= 0.3 is 0 Å². The van der Waals surface area contributed by atoms with Crippen molar-refractivity contribution in [3.63, 3.8) is 0 Å². The predicted octanol–water partition coefficient (Wildman–Crippen LogP) is 5.38. The van der Waals surface area contributed by atoms with Crippen LogP contribution in [0.15, 0.2) is 53.4 Å².